The zero-order chi connectivity index (χ0) is 54.4. The van der Waals surface area contributed by atoms with Gasteiger partial charge in [0.15, 0.2) is 12.6 Å². The van der Waals surface area contributed by atoms with Gasteiger partial charge in [0.1, 0.15) is 55.4 Å². The average molecular weight is 1080 g/mol. The van der Waals surface area contributed by atoms with Crippen molar-refractivity contribution in [1.82, 2.24) is 0 Å². The van der Waals surface area contributed by atoms with Crippen LogP contribution < -0.4 is 0 Å². The van der Waals surface area contributed by atoms with Crippen LogP contribution in [0.1, 0.15) is 49.3 Å². The summed E-state index contributed by atoms with van der Waals surface area (Å²) in [6, 6.07) is 78.4. The molecule has 0 N–H and O–H groups in total. The van der Waals surface area contributed by atoms with E-state index in [1.165, 1.54) is 0 Å². The SMILES string of the molecule is O=C(OC[C@H]1O[C@@H](OCc2ccccc2)[C@H](OCc2ccccc2)[C@@H](OCc2ccccc2)[C@H]1O[C@H]1O[C@H](COCc2ccccc2)[C@H](OCc2ccccc2)[C@H](OCc2ccccc2)[C@H]1OCc1ccccc1)c1ccccc1. The van der Waals surface area contributed by atoms with E-state index in [4.69, 9.17) is 52.1 Å². The first-order valence-electron chi connectivity index (χ1n) is 27.3. The summed E-state index contributed by atoms with van der Waals surface area (Å²) in [7, 11) is 0. The zero-order valence-electron chi connectivity index (χ0n) is 44.6. The van der Waals surface area contributed by atoms with Crippen LogP contribution in [0.25, 0.3) is 0 Å². The van der Waals surface area contributed by atoms with Gasteiger partial charge in [-0.15, -0.1) is 0 Å². The summed E-state index contributed by atoms with van der Waals surface area (Å²) in [6.07, 6.45) is -9.52. The predicted molar refractivity (Wildman–Crippen MR) is 301 cm³/mol. The number of esters is 1. The summed E-state index contributed by atoms with van der Waals surface area (Å²) in [5.74, 6) is -0.541. The van der Waals surface area contributed by atoms with Crippen molar-refractivity contribution in [2.24, 2.45) is 0 Å². The molecule has 0 radical (unpaired) electrons. The van der Waals surface area contributed by atoms with Crippen LogP contribution in [0, 0.1) is 0 Å². The molecule has 2 fully saturated rings. The highest BCUT2D eigenvalue weighted by Gasteiger charge is 2.55. The van der Waals surface area contributed by atoms with Crippen LogP contribution in [0.3, 0.4) is 0 Å². The Balaban J connectivity index is 1.06. The van der Waals surface area contributed by atoms with Crippen molar-refractivity contribution in [3.05, 3.63) is 287 Å². The first-order chi connectivity index (χ1) is 39.6. The second-order valence-corrected chi connectivity index (χ2v) is 19.8. The Labute approximate surface area is 469 Å². The van der Waals surface area contributed by atoms with Crippen molar-refractivity contribution in [2.75, 3.05) is 13.2 Å². The summed E-state index contributed by atoms with van der Waals surface area (Å²) >= 11 is 0. The van der Waals surface area contributed by atoms with Crippen LogP contribution in [-0.2, 0) is 98.4 Å². The van der Waals surface area contributed by atoms with Crippen LogP contribution in [0.4, 0.5) is 0 Å². The Hall–Kier alpha value is -7.17. The lowest BCUT2D eigenvalue weighted by atomic mass is 9.95. The highest BCUT2D eigenvalue weighted by Crippen LogP contribution is 2.37. The number of carbonyl (C=O) groups excluding carboxylic acids is 1. The second kappa shape index (κ2) is 29.9. The van der Waals surface area contributed by atoms with E-state index in [-0.39, 0.29) is 52.9 Å². The van der Waals surface area contributed by atoms with E-state index < -0.39 is 67.4 Å². The molecule has 8 aromatic rings. The fourth-order valence-corrected chi connectivity index (χ4v) is 9.79. The molecule has 2 heterocycles. The summed E-state index contributed by atoms with van der Waals surface area (Å²) in [4.78, 5) is 13.9. The molecule has 0 saturated carbocycles. The molecule has 2 aliphatic rings. The summed E-state index contributed by atoms with van der Waals surface area (Å²) in [6.45, 7) is 1.31. The molecule has 10 atom stereocenters. The van der Waals surface area contributed by atoms with Gasteiger partial charge in [-0.3, -0.25) is 0 Å². The molecule has 0 aromatic heterocycles. The van der Waals surface area contributed by atoms with Crippen molar-refractivity contribution < 1.29 is 56.9 Å². The Morgan fingerprint density at radius 2 is 0.600 bits per heavy atom. The van der Waals surface area contributed by atoms with E-state index in [9.17, 15) is 4.79 Å². The van der Waals surface area contributed by atoms with Crippen LogP contribution in [0.2, 0.25) is 0 Å². The Kier molecular flexibility index (Phi) is 21.0. The van der Waals surface area contributed by atoms with E-state index in [2.05, 4.69) is 0 Å². The predicted octanol–water partition coefficient (Wildman–Crippen LogP) is 12.0. The van der Waals surface area contributed by atoms with Gasteiger partial charge < -0.3 is 52.1 Å². The van der Waals surface area contributed by atoms with Gasteiger partial charge in [-0.1, -0.05) is 231 Å². The molecule has 12 heteroatoms. The van der Waals surface area contributed by atoms with E-state index in [1.807, 2.05) is 218 Å². The van der Waals surface area contributed by atoms with E-state index >= 15 is 0 Å². The molecule has 0 spiro atoms. The number of benzene rings is 8. The molecule has 80 heavy (non-hydrogen) atoms. The van der Waals surface area contributed by atoms with Crippen molar-refractivity contribution in [2.45, 2.75) is 108 Å². The summed E-state index contributed by atoms with van der Waals surface area (Å²) in [5.41, 5.74) is 6.97. The van der Waals surface area contributed by atoms with Gasteiger partial charge in [0.2, 0.25) is 0 Å². The third kappa shape index (κ3) is 16.2. The maximum atomic E-state index is 13.9. The number of rotatable bonds is 27. The lowest BCUT2D eigenvalue weighted by Crippen LogP contribution is -2.66. The van der Waals surface area contributed by atoms with E-state index in [0.717, 1.165) is 38.9 Å². The van der Waals surface area contributed by atoms with Gasteiger partial charge in [0.25, 0.3) is 0 Å². The normalized spacial score (nSPS) is 22.8. The fourth-order valence-electron chi connectivity index (χ4n) is 9.79. The fraction of sp³-hybridized carbons (Fsp3) is 0.279. The van der Waals surface area contributed by atoms with Gasteiger partial charge in [-0.25, -0.2) is 4.79 Å². The lowest BCUT2D eigenvalue weighted by Gasteiger charge is -2.50. The smallest absolute Gasteiger partial charge is 0.338 e. The van der Waals surface area contributed by atoms with Gasteiger partial charge in [-0.2, -0.15) is 0 Å². The Morgan fingerprint density at radius 1 is 0.300 bits per heavy atom. The minimum atomic E-state index is -1.21. The van der Waals surface area contributed by atoms with Crippen LogP contribution in [0.15, 0.2) is 243 Å². The Bertz CT molecular complexity index is 2980. The molecule has 8 aromatic carbocycles. The minimum absolute atomic E-state index is 0.0935. The maximum absolute atomic E-state index is 13.9. The highest BCUT2D eigenvalue weighted by molar-refractivity contribution is 5.89. The summed E-state index contributed by atoms with van der Waals surface area (Å²) < 4.78 is 76.8. The Morgan fingerprint density at radius 3 is 1.01 bits per heavy atom. The standard InChI is InChI=1S/C68H68O12/c69-66(57-39-23-8-24-40-57)76-49-59-61(63(73-44-53-31-15-4-16-32-53)64(74-45-54-33-17-5-18-34-54)67(78-59)77-47-56-37-21-7-22-38-56)80-68-65(75-46-55-35-19-6-20-36-55)62(72-43-52-29-13-3-14-30-52)60(71-42-51-27-11-2-12-28-51)58(79-68)48-70-41-50-25-9-1-10-26-50/h1-40,58-65,67-68H,41-49H2/t58-,59-,60+,61+,62+,63+,64-,65-,67-,68-/m1/s1. The third-order valence-electron chi connectivity index (χ3n) is 13.9. The van der Waals surface area contributed by atoms with Crippen LogP contribution >= 0.6 is 0 Å². The molecule has 0 aliphatic carbocycles. The van der Waals surface area contributed by atoms with Gasteiger partial charge >= 0.3 is 5.97 Å². The number of hydrogen-bond acceptors (Lipinski definition) is 12. The maximum Gasteiger partial charge on any atom is 0.338 e. The van der Waals surface area contributed by atoms with E-state index in [1.54, 1.807) is 24.3 Å². The average Bonchev–Trinajstić information content (AvgIpc) is 3.52. The molecule has 0 amide bonds. The topological polar surface area (TPSA) is 119 Å². The lowest BCUT2D eigenvalue weighted by molar-refractivity contribution is -0.377. The van der Waals surface area contributed by atoms with Crippen molar-refractivity contribution in [3.8, 4) is 0 Å². The van der Waals surface area contributed by atoms with Crippen molar-refractivity contribution in [3.63, 3.8) is 0 Å². The monoisotopic (exact) mass is 1080 g/mol. The minimum Gasteiger partial charge on any atom is -0.459 e. The van der Waals surface area contributed by atoms with Gasteiger partial charge in [0.05, 0.1) is 58.4 Å². The second-order valence-electron chi connectivity index (χ2n) is 19.8. The molecular formula is C68H68O12. The van der Waals surface area contributed by atoms with Gasteiger partial charge in [-0.05, 0) is 51.1 Å². The molecule has 0 unspecified atom stereocenters. The highest BCUT2D eigenvalue weighted by atomic mass is 16.8. The molecule has 10 rings (SSSR count). The molecule has 412 valence electrons. The molecule has 2 aliphatic heterocycles. The van der Waals surface area contributed by atoms with Crippen LogP contribution in [-0.4, -0.2) is 80.6 Å². The number of ether oxygens (including phenoxy) is 11. The molecule has 0 bridgehead atoms. The number of hydrogen-bond donors (Lipinski definition) is 0. The zero-order valence-corrected chi connectivity index (χ0v) is 44.6. The molecular weight excluding hydrogens is 1010 g/mol. The first kappa shape index (κ1) is 56.1. The first-order valence-corrected chi connectivity index (χ1v) is 27.3. The molecule has 2 saturated heterocycles. The van der Waals surface area contributed by atoms with Crippen molar-refractivity contribution >= 4 is 5.97 Å². The largest absolute Gasteiger partial charge is 0.459 e. The van der Waals surface area contributed by atoms with Gasteiger partial charge in [0, 0.05) is 0 Å². The summed E-state index contributed by atoms with van der Waals surface area (Å²) in [5, 5.41) is 0. The quantitative estimate of drug-likeness (QED) is 0.0456. The van der Waals surface area contributed by atoms with Crippen LogP contribution in [0.5, 0.6) is 0 Å². The third-order valence-corrected chi connectivity index (χ3v) is 13.9. The number of carbonyl (C=O) groups is 1. The molecule has 12 nitrogen and oxygen atoms in total. The van der Waals surface area contributed by atoms with Crippen molar-refractivity contribution in [1.29, 1.82) is 0 Å². The van der Waals surface area contributed by atoms with E-state index in [0.29, 0.717) is 12.2 Å².